The van der Waals surface area contributed by atoms with Crippen molar-refractivity contribution < 1.29 is 4.74 Å². The van der Waals surface area contributed by atoms with Crippen LogP contribution in [0.4, 0.5) is 0 Å². The van der Waals surface area contributed by atoms with E-state index < -0.39 is 0 Å². The topological polar surface area (TPSA) is 25.0 Å². The largest absolute Gasteiger partial charge is 0.497 e. The second-order valence-corrected chi connectivity index (χ2v) is 3.48. The van der Waals surface area contributed by atoms with E-state index >= 15 is 0 Å². The summed E-state index contributed by atoms with van der Waals surface area (Å²) in [6, 6.07) is 8.13. The van der Waals surface area contributed by atoms with Gasteiger partial charge in [0.1, 0.15) is 5.75 Å². The van der Waals surface area contributed by atoms with Gasteiger partial charge in [0.15, 0.2) is 0 Å². The molecule has 0 saturated carbocycles. The van der Waals surface area contributed by atoms with Crippen LogP contribution in [0.3, 0.4) is 0 Å². The van der Waals surface area contributed by atoms with Gasteiger partial charge in [0.25, 0.3) is 0 Å². The van der Waals surface area contributed by atoms with Crippen molar-refractivity contribution in [2.75, 3.05) is 7.11 Å². The minimum Gasteiger partial charge on any atom is -0.497 e. The van der Waals surface area contributed by atoms with Gasteiger partial charge in [-0.15, -0.1) is 0 Å². The fourth-order valence-corrected chi connectivity index (χ4v) is 1.75. The Balaban J connectivity index is 2.44. The van der Waals surface area contributed by atoms with E-state index in [1.807, 2.05) is 18.3 Å². The van der Waals surface area contributed by atoms with Gasteiger partial charge in [0, 0.05) is 18.0 Å². The number of rotatable bonds is 3. The third-order valence-electron chi connectivity index (χ3n) is 2.59. The van der Waals surface area contributed by atoms with Gasteiger partial charge in [0.2, 0.25) is 0 Å². The third kappa shape index (κ3) is 1.89. The SMILES string of the molecule is CCc1c[nH]cc1-c1cccc(OC)c1. The molecule has 78 valence electrons. The Bertz CT molecular complexity index is 445. The van der Waals surface area contributed by atoms with Crippen molar-refractivity contribution in [3.05, 3.63) is 42.2 Å². The van der Waals surface area contributed by atoms with Crippen LogP contribution in [0.15, 0.2) is 36.7 Å². The number of ether oxygens (including phenoxy) is 1. The van der Waals surface area contributed by atoms with E-state index in [1.165, 1.54) is 16.7 Å². The predicted molar refractivity (Wildman–Crippen MR) is 62.2 cm³/mol. The first-order valence-corrected chi connectivity index (χ1v) is 5.15. The Labute approximate surface area is 89.9 Å². The van der Waals surface area contributed by atoms with Gasteiger partial charge in [-0.05, 0) is 29.7 Å². The quantitative estimate of drug-likeness (QED) is 0.810. The molecule has 0 aliphatic carbocycles. The molecule has 1 aromatic heterocycles. The summed E-state index contributed by atoms with van der Waals surface area (Å²) >= 11 is 0. The number of hydrogen-bond donors (Lipinski definition) is 1. The Morgan fingerprint density at radius 1 is 1.27 bits per heavy atom. The standard InChI is InChI=1S/C13H15NO/c1-3-10-8-14-9-13(10)11-5-4-6-12(7-11)15-2/h4-9,14H,3H2,1-2H3. The highest BCUT2D eigenvalue weighted by molar-refractivity contribution is 5.68. The van der Waals surface area contributed by atoms with Crippen molar-refractivity contribution in [3.8, 4) is 16.9 Å². The maximum atomic E-state index is 5.22. The minimum atomic E-state index is 0.899. The molecule has 0 saturated heterocycles. The fraction of sp³-hybridized carbons (Fsp3) is 0.231. The van der Waals surface area contributed by atoms with Crippen LogP contribution in [0, 0.1) is 0 Å². The second kappa shape index (κ2) is 4.22. The summed E-state index contributed by atoms with van der Waals surface area (Å²) in [6.07, 6.45) is 5.12. The summed E-state index contributed by atoms with van der Waals surface area (Å²) < 4.78 is 5.22. The number of aromatic nitrogens is 1. The summed E-state index contributed by atoms with van der Waals surface area (Å²) in [7, 11) is 1.69. The molecule has 2 aromatic rings. The Hall–Kier alpha value is -1.70. The maximum absolute atomic E-state index is 5.22. The second-order valence-electron chi connectivity index (χ2n) is 3.48. The first-order chi connectivity index (χ1) is 7.35. The van der Waals surface area contributed by atoms with Gasteiger partial charge in [-0.3, -0.25) is 0 Å². The molecule has 0 fully saturated rings. The molecular weight excluding hydrogens is 186 g/mol. The molecule has 1 N–H and O–H groups in total. The predicted octanol–water partition coefficient (Wildman–Crippen LogP) is 3.25. The number of H-pyrrole nitrogens is 1. The number of nitrogens with one attached hydrogen (secondary N) is 1. The first-order valence-electron chi connectivity index (χ1n) is 5.15. The molecule has 1 aromatic carbocycles. The molecule has 0 aliphatic heterocycles. The molecule has 0 unspecified atom stereocenters. The van der Waals surface area contributed by atoms with Crippen molar-refractivity contribution in [1.82, 2.24) is 4.98 Å². The van der Waals surface area contributed by atoms with E-state index in [1.54, 1.807) is 7.11 Å². The van der Waals surface area contributed by atoms with E-state index in [9.17, 15) is 0 Å². The maximum Gasteiger partial charge on any atom is 0.119 e. The zero-order valence-electron chi connectivity index (χ0n) is 9.08. The van der Waals surface area contributed by atoms with E-state index in [0.29, 0.717) is 0 Å². The van der Waals surface area contributed by atoms with E-state index in [-0.39, 0.29) is 0 Å². The van der Waals surface area contributed by atoms with Gasteiger partial charge in [-0.2, -0.15) is 0 Å². The van der Waals surface area contributed by atoms with Crippen LogP contribution in [0.25, 0.3) is 11.1 Å². The number of benzene rings is 1. The Kier molecular flexibility index (Phi) is 2.77. The van der Waals surface area contributed by atoms with E-state index in [4.69, 9.17) is 4.74 Å². The molecule has 2 heteroatoms. The van der Waals surface area contributed by atoms with Crippen molar-refractivity contribution >= 4 is 0 Å². The van der Waals surface area contributed by atoms with E-state index in [0.717, 1.165) is 12.2 Å². The summed E-state index contributed by atoms with van der Waals surface area (Å²) in [4.78, 5) is 3.14. The zero-order valence-corrected chi connectivity index (χ0v) is 9.08. The molecule has 0 amide bonds. The van der Waals surface area contributed by atoms with Gasteiger partial charge in [-0.1, -0.05) is 19.1 Å². The zero-order chi connectivity index (χ0) is 10.7. The molecule has 0 atom stereocenters. The fourth-order valence-electron chi connectivity index (χ4n) is 1.75. The summed E-state index contributed by atoms with van der Waals surface area (Å²) in [5.41, 5.74) is 3.80. The van der Waals surface area contributed by atoms with E-state index in [2.05, 4.69) is 30.2 Å². The highest BCUT2D eigenvalue weighted by atomic mass is 16.5. The van der Waals surface area contributed by atoms with Crippen LogP contribution in [0.1, 0.15) is 12.5 Å². The van der Waals surface area contributed by atoms with Crippen LogP contribution in [0.5, 0.6) is 5.75 Å². The lowest BCUT2D eigenvalue weighted by molar-refractivity contribution is 0.415. The number of aromatic amines is 1. The van der Waals surface area contributed by atoms with Crippen LogP contribution in [-0.4, -0.2) is 12.1 Å². The lowest BCUT2D eigenvalue weighted by Crippen LogP contribution is -1.85. The lowest BCUT2D eigenvalue weighted by atomic mass is 10.0. The normalized spacial score (nSPS) is 10.3. The molecule has 2 rings (SSSR count). The van der Waals surface area contributed by atoms with Gasteiger partial charge in [-0.25, -0.2) is 0 Å². The smallest absolute Gasteiger partial charge is 0.119 e. The molecule has 0 bridgehead atoms. The Morgan fingerprint density at radius 3 is 2.87 bits per heavy atom. The number of hydrogen-bond acceptors (Lipinski definition) is 1. The van der Waals surface area contributed by atoms with Crippen molar-refractivity contribution in [3.63, 3.8) is 0 Å². The molecule has 15 heavy (non-hydrogen) atoms. The van der Waals surface area contributed by atoms with Gasteiger partial charge in [0.05, 0.1) is 7.11 Å². The molecule has 0 aliphatic rings. The third-order valence-corrected chi connectivity index (χ3v) is 2.59. The number of methoxy groups -OCH3 is 1. The molecule has 0 radical (unpaired) electrons. The minimum absolute atomic E-state index is 0.899. The number of aryl methyl sites for hydroxylation is 1. The summed E-state index contributed by atoms with van der Waals surface area (Å²) in [5.74, 6) is 0.899. The van der Waals surface area contributed by atoms with Crippen molar-refractivity contribution in [2.24, 2.45) is 0 Å². The van der Waals surface area contributed by atoms with Crippen LogP contribution in [-0.2, 0) is 6.42 Å². The highest BCUT2D eigenvalue weighted by Gasteiger charge is 2.04. The molecule has 2 nitrogen and oxygen atoms in total. The van der Waals surface area contributed by atoms with Gasteiger partial charge >= 0.3 is 0 Å². The van der Waals surface area contributed by atoms with Crippen LogP contribution in [0.2, 0.25) is 0 Å². The van der Waals surface area contributed by atoms with Crippen LogP contribution >= 0.6 is 0 Å². The van der Waals surface area contributed by atoms with Gasteiger partial charge < -0.3 is 9.72 Å². The molecule has 1 heterocycles. The average molecular weight is 201 g/mol. The lowest BCUT2D eigenvalue weighted by Gasteiger charge is -2.04. The summed E-state index contributed by atoms with van der Waals surface area (Å²) in [6.45, 7) is 2.16. The van der Waals surface area contributed by atoms with Crippen molar-refractivity contribution in [1.29, 1.82) is 0 Å². The Morgan fingerprint density at radius 2 is 2.13 bits per heavy atom. The summed E-state index contributed by atoms with van der Waals surface area (Å²) in [5, 5.41) is 0. The average Bonchev–Trinajstić information content (AvgIpc) is 2.77. The molecular formula is C13H15NO. The highest BCUT2D eigenvalue weighted by Crippen LogP contribution is 2.26. The monoisotopic (exact) mass is 201 g/mol. The first kappa shape index (κ1) is 9.84. The van der Waals surface area contributed by atoms with Crippen LogP contribution < -0.4 is 4.74 Å². The van der Waals surface area contributed by atoms with Crippen molar-refractivity contribution in [2.45, 2.75) is 13.3 Å². The molecule has 0 spiro atoms.